The topological polar surface area (TPSA) is 52.0 Å². The molecule has 0 aliphatic carbocycles. The van der Waals surface area contributed by atoms with Crippen molar-refractivity contribution in [2.24, 2.45) is 0 Å². The van der Waals surface area contributed by atoms with E-state index in [1.807, 2.05) is 0 Å². The molecule has 0 heterocycles. The van der Waals surface area contributed by atoms with E-state index in [2.05, 4.69) is 0 Å². The van der Waals surface area contributed by atoms with E-state index in [1.165, 1.54) is 12.1 Å². The first-order chi connectivity index (χ1) is 4.61. The van der Waals surface area contributed by atoms with Crippen molar-refractivity contribution in [3.63, 3.8) is 0 Å². The first kappa shape index (κ1) is 10.9. The zero-order valence-electron chi connectivity index (χ0n) is 5.38. The zero-order valence-corrected chi connectivity index (χ0v) is 7.88. The van der Waals surface area contributed by atoms with E-state index < -0.39 is 0 Å². The smallest absolute Gasteiger partial charge is 0.0614 e. The zero-order chi connectivity index (χ0) is 7.72. The van der Waals surface area contributed by atoms with Crippen LogP contribution in [0.1, 0.15) is 0 Å². The molecule has 0 unspecified atom stereocenters. The summed E-state index contributed by atoms with van der Waals surface area (Å²) in [5, 5.41) is 0.849. The maximum atomic E-state index is 5.62. The Bertz CT molecular complexity index is 215. The number of anilines is 2. The molecule has 0 aromatic heterocycles. The molecule has 0 saturated heterocycles. The second-order valence-corrected chi connectivity index (χ2v) is 2.71. The minimum atomic E-state index is 0. The van der Waals surface area contributed by atoms with Crippen LogP contribution < -0.4 is 11.5 Å². The van der Waals surface area contributed by atoms with Gasteiger partial charge < -0.3 is 11.5 Å². The van der Waals surface area contributed by atoms with E-state index in [0.29, 0.717) is 21.4 Å². The van der Waals surface area contributed by atoms with Crippen LogP contribution in [-0.2, 0) is 16.5 Å². The third kappa shape index (κ3) is 2.44. The van der Waals surface area contributed by atoms with Crippen LogP contribution in [0.5, 0.6) is 0 Å². The number of rotatable bonds is 0. The fourth-order valence-corrected chi connectivity index (χ4v) is 0.922. The van der Waals surface area contributed by atoms with Gasteiger partial charge in [0, 0.05) is 16.5 Å². The van der Waals surface area contributed by atoms with Crippen molar-refractivity contribution < 1.29 is 16.5 Å². The summed E-state index contributed by atoms with van der Waals surface area (Å²) in [6.45, 7) is 0. The van der Waals surface area contributed by atoms with E-state index in [1.54, 1.807) is 0 Å². The van der Waals surface area contributed by atoms with Crippen molar-refractivity contribution in [2.75, 3.05) is 11.5 Å². The van der Waals surface area contributed by atoms with Gasteiger partial charge in [-0.15, -0.1) is 0 Å². The number of nitrogens with two attached hydrogens (primary N) is 2. The Balaban J connectivity index is 0.000001000. The van der Waals surface area contributed by atoms with Gasteiger partial charge in [-0.1, -0.05) is 23.2 Å². The summed E-state index contributed by atoms with van der Waals surface area (Å²) in [7, 11) is 0. The van der Waals surface area contributed by atoms with Crippen molar-refractivity contribution in [3.8, 4) is 0 Å². The molecule has 0 aliphatic heterocycles. The molecule has 0 bridgehead atoms. The molecule has 1 rings (SSSR count). The molecule has 1 aromatic carbocycles. The summed E-state index contributed by atoms with van der Waals surface area (Å²) in [5.41, 5.74) is 11.7. The van der Waals surface area contributed by atoms with Crippen LogP contribution in [0.3, 0.4) is 0 Å². The van der Waals surface area contributed by atoms with Gasteiger partial charge in [0.25, 0.3) is 0 Å². The van der Waals surface area contributed by atoms with Crippen LogP contribution in [0.25, 0.3) is 0 Å². The normalized spacial score (nSPS) is 8.91. The third-order valence-electron chi connectivity index (χ3n) is 1.13. The van der Waals surface area contributed by atoms with Crippen LogP contribution in [0.2, 0.25) is 10.0 Å². The molecule has 5 heteroatoms. The average Bonchev–Trinajstić information content (AvgIpc) is 1.84. The summed E-state index contributed by atoms with van der Waals surface area (Å²) in [6, 6.07) is 3.05. The van der Waals surface area contributed by atoms with Crippen LogP contribution in [0, 0.1) is 0 Å². The van der Waals surface area contributed by atoms with Gasteiger partial charge in [-0.2, -0.15) is 0 Å². The van der Waals surface area contributed by atoms with Crippen LogP contribution in [0.15, 0.2) is 12.1 Å². The van der Waals surface area contributed by atoms with Crippen LogP contribution >= 0.6 is 23.2 Å². The van der Waals surface area contributed by atoms with E-state index in [0.717, 1.165) is 0 Å². The van der Waals surface area contributed by atoms with E-state index >= 15 is 0 Å². The van der Waals surface area contributed by atoms with Crippen molar-refractivity contribution in [2.45, 2.75) is 0 Å². The van der Waals surface area contributed by atoms with E-state index in [-0.39, 0.29) is 16.5 Å². The minimum Gasteiger partial charge on any atom is -0.397 e. The van der Waals surface area contributed by atoms with Gasteiger partial charge in [0.05, 0.1) is 21.4 Å². The number of hydrogen-bond acceptors (Lipinski definition) is 2. The van der Waals surface area contributed by atoms with Crippen molar-refractivity contribution in [3.05, 3.63) is 22.2 Å². The second-order valence-electron chi connectivity index (χ2n) is 1.90. The third-order valence-corrected chi connectivity index (χ3v) is 1.85. The van der Waals surface area contributed by atoms with E-state index in [9.17, 15) is 0 Å². The Morgan fingerprint density at radius 2 is 1.18 bits per heavy atom. The number of hydrogen-bond donors (Lipinski definition) is 2. The molecular weight excluding hydrogens is 230 g/mol. The molecule has 0 fully saturated rings. The Labute approximate surface area is 84.8 Å². The standard InChI is InChI=1S/C6H6Cl2N2.Ni/c7-3-1-5(9)6(10)2-4(3)8;/h1-2H,9-10H2;. The molecule has 2 nitrogen and oxygen atoms in total. The van der Waals surface area contributed by atoms with Gasteiger partial charge in [-0.05, 0) is 12.1 Å². The molecule has 0 saturated carbocycles. The van der Waals surface area contributed by atoms with Crippen molar-refractivity contribution in [1.82, 2.24) is 0 Å². The van der Waals surface area contributed by atoms with Gasteiger partial charge in [0.2, 0.25) is 0 Å². The molecule has 0 amide bonds. The molecule has 0 aliphatic rings. The average molecular weight is 236 g/mol. The first-order valence-electron chi connectivity index (χ1n) is 2.61. The van der Waals surface area contributed by atoms with Crippen LogP contribution in [-0.4, -0.2) is 0 Å². The van der Waals surface area contributed by atoms with Gasteiger partial charge >= 0.3 is 0 Å². The van der Waals surface area contributed by atoms with Gasteiger partial charge in [-0.3, -0.25) is 0 Å². The summed E-state index contributed by atoms with van der Waals surface area (Å²) in [4.78, 5) is 0. The predicted molar refractivity (Wildman–Crippen MR) is 45.3 cm³/mol. The van der Waals surface area contributed by atoms with Crippen LogP contribution in [0.4, 0.5) is 11.4 Å². The fraction of sp³-hybridized carbons (Fsp3) is 0. The summed E-state index contributed by atoms with van der Waals surface area (Å²) >= 11 is 11.2. The molecular formula is C6H6Cl2N2Ni. The molecule has 64 valence electrons. The van der Waals surface area contributed by atoms with Gasteiger partial charge in [-0.25, -0.2) is 0 Å². The Hall–Kier alpha value is -0.106. The molecule has 4 N–H and O–H groups in total. The Morgan fingerprint density at radius 3 is 1.45 bits per heavy atom. The fourth-order valence-electron chi connectivity index (χ4n) is 0.578. The largest absolute Gasteiger partial charge is 0.397 e. The van der Waals surface area contributed by atoms with E-state index in [4.69, 9.17) is 34.7 Å². The summed E-state index contributed by atoms with van der Waals surface area (Å²) < 4.78 is 0. The Kier molecular flexibility index (Phi) is 4.01. The first-order valence-corrected chi connectivity index (χ1v) is 3.37. The monoisotopic (exact) mass is 234 g/mol. The maximum absolute atomic E-state index is 5.62. The molecule has 1 aromatic rings. The quantitative estimate of drug-likeness (QED) is 0.535. The van der Waals surface area contributed by atoms with Crippen molar-refractivity contribution in [1.29, 1.82) is 0 Å². The Morgan fingerprint density at radius 1 is 0.909 bits per heavy atom. The molecule has 11 heavy (non-hydrogen) atoms. The summed E-state index contributed by atoms with van der Waals surface area (Å²) in [6.07, 6.45) is 0. The molecule has 0 spiro atoms. The van der Waals surface area contributed by atoms with Gasteiger partial charge in [0.1, 0.15) is 0 Å². The molecule has 0 radical (unpaired) electrons. The number of benzene rings is 1. The number of halogens is 2. The minimum absolute atomic E-state index is 0. The SMILES string of the molecule is Nc1cc(Cl)c(Cl)cc1N.[Ni]. The second kappa shape index (κ2) is 4.05. The predicted octanol–water partition coefficient (Wildman–Crippen LogP) is 2.16. The maximum Gasteiger partial charge on any atom is 0.0614 e. The van der Waals surface area contributed by atoms with Gasteiger partial charge in [0.15, 0.2) is 0 Å². The number of nitrogen functional groups attached to an aromatic ring is 2. The van der Waals surface area contributed by atoms with Crippen molar-refractivity contribution >= 4 is 34.6 Å². The molecule has 0 atom stereocenters. The summed E-state index contributed by atoms with van der Waals surface area (Å²) in [5.74, 6) is 0.